The van der Waals surface area contributed by atoms with Crippen LogP contribution in [0.1, 0.15) is 16.3 Å². The topological polar surface area (TPSA) is 81.8 Å². The number of amides is 1. The first-order valence-electron chi connectivity index (χ1n) is 3.49. The monoisotopic (exact) mass is 193 g/mol. The van der Waals surface area contributed by atoms with Gasteiger partial charge in [-0.1, -0.05) is 0 Å². The molecule has 2 heterocycles. The van der Waals surface area contributed by atoms with Crippen LogP contribution >= 0.6 is 11.3 Å². The molecule has 0 aliphatic carbocycles. The maximum absolute atomic E-state index is 11.0. The molecule has 2 aromatic rings. The predicted octanol–water partition coefficient (Wildman–Crippen LogP) is 0.294. The van der Waals surface area contributed by atoms with Crippen molar-refractivity contribution >= 4 is 27.6 Å². The molecule has 0 aliphatic rings. The van der Waals surface area contributed by atoms with Gasteiger partial charge in [0.2, 0.25) is 0 Å². The van der Waals surface area contributed by atoms with E-state index in [1.807, 2.05) is 0 Å². The minimum Gasteiger partial charge on any atom is -0.364 e. The molecule has 0 aromatic carbocycles. The van der Waals surface area contributed by atoms with Crippen molar-refractivity contribution in [2.45, 2.75) is 6.92 Å². The molecule has 0 atom stereocenters. The van der Waals surface area contributed by atoms with Crippen molar-refractivity contribution in [1.29, 1.82) is 0 Å². The van der Waals surface area contributed by atoms with Gasteiger partial charge >= 0.3 is 0 Å². The first-order valence-corrected chi connectivity index (χ1v) is 4.31. The van der Waals surface area contributed by atoms with Gasteiger partial charge in [-0.15, -0.1) is 11.3 Å². The molecule has 2 N–H and O–H groups in total. The van der Waals surface area contributed by atoms with Gasteiger partial charge < -0.3 is 5.73 Å². The van der Waals surface area contributed by atoms with Crippen LogP contribution in [0.3, 0.4) is 0 Å². The minimum absolute atomic E-state index is 0.223. The van der Waals surface area contributed by atoms with Gasteiger partial charge in [0.15, 0.2) is 16.9 Å². The Bertz CT molecular complexity index is 478. The van der Waals surface area contributed by atoms with Gasteiger partial charge in [-0.25, -0.2) is 15.0 Å². The van der Waals surface area contributed by atoms with Crippen LogP contribution in [0.4, 0.5) is 0 Å². The lowest BCUT2D eigenvalue weighted by Crippen LogP contribution is -2.14. The highest BCUT2D eigenvalue weighted by atomic mass is 32.1. The number of rotatable bonds is 1. The van der Waals surface area contributed by atoms with Crippen LogP contribution in [-0.2, 0) is 0 Å². The number of nitrogens with two attached hydrogens (primary N) is 1. The van der Waals surface area contributed by atoms with Crippen molar-refractivity contribution in [1.82, 2.24) is 15.0 Å². The molecular formula is C7H5N4OS. The fourth-order valence-corrected chi connectivity index (χ4v) is 1.64. The highest BCUT2D eigenvalue weighted by Gasteiger charge is 2.12. The molecule has 1 amide bonds. The van der Waals surface area contributed by atoms with Gasteiger partial charge in [0.05, 0.1) is 0 Å². The summed E-state index contributed by atoms with van der Waals surface area (Å²) < 4.78 is 0.595. The number of fused-ring (bicyclic) bond motifs is 1. The van der Waals surface area contributed by atoms with E-state index < -0.39 is 5.91 Å². The molecule has 0 fully saturated rings. The summed E-state index contributed by atoms with van der Waals surface area (Å²) in [4.78, 5) is 22.8. The molecular weight excluding hydrogens is 188 g/mol. The molecule has 0 aliphatic heterocycles. The summed E-state index contributed by atoms with van der Waals surface area (Å²) in [5.41, 5.74) is 8.49. The minimum atomic E-state index is -0.562. The van der Waals surface area contributed by atoms with Crippen LogP contribution in [0.25, 0.3) is 10.3 Å². The van der Waals surface area contributed by atoms with Gasteiger partial charge in [-0.2, -0.15) is 0 Å². The number of nitrogens with zero attached hydrogens (tertiary/aromatic N) is 3. The third-order valence-corrected chi connectivity index (χ3v) is 2.25. The number of primary amides is 1. The SMILES string of the molecule is Cc1nc(C(N)=O)c2s[c]nc2n1. The average Bonchev–Trinajstić information content (AvgIpc) is 2.49. The van der Waals surface area contributed by atoms with Crippen LogP contribution in [0, 0.1) is 12.4 Å². The van der Waals surface area contributed by atoms with Crippen molar-refractivity contribution in [3.05, 3.63) is 17.0 Å². The number of hydrogen-bond donors (Lipinski definition) is 1. The maximum atomic E-state index is 11.0. The first kappa shape index (κ1) is 8.06. The Morgan fingerprint density at radius 2 is 2.31 bits per heavy atom. The summed E-state index contributed by atoms with van der Waals surface area (Å²) >= 11 is 1.19. The standard InChI is InChI=1S/C7H5N4OS/c1-3-10-4(6(8)12)5-7(11-3)9-2-13-5/h1H3,(H2,8,12). The maximum Gasteiger partial charge on any atom is 0.269 e. The average molecular weight is 193 g/mol. The van der Waals surface area contributed by atoms with E-state index in [1.54, 1.807) is 6.92 Å². The van der Waals surface area contributed by atoms with Crippen LogP contribution in [-0.4, -0.2) is 20.9 Å². The fourth-order valence-electron chi connectivity index (χ4n) is 0.996. The van der Waals surface area contributed by atoms with E-state index in [0.717, 1.165) is 0 Å². The highest BCUT2D eigenvalue weighted by Crippen LogP contribution is 2.18. The van der Waals surface area contributed by atoms with Crippen molar-refractivity contribution in [3.8, 4) is 0 Å². The summed E-state index contributed by atoms with van der Waals surface area (Å²) in [5, 5.41) is 0. The summed E-state index contributed by atoms with van der Waals surface area (Å²) in [5.74, 6) is -0.0752. The highest BCUT2D eigenvalue weighted by molar-refractivity contribution is 7.16. The second kappa shape index (κ2) is 2.74. The number of aromatic nitrogens is 3. The van der Waals surface area contributed by atoms with E-state index in [2.05, 4.69) is 20.5 Å². The van der Waals surface area contributed by atoms with E-state index in [9.17, 15) is 4.79 Å². The van der Waals surface area contributed by atoms with Crippen LogP contribution < -0.4 is 5.73 Å². The van der Waals surface area contributed by atoms with Crippen molar-refractivity contribution in [2.24, 2.45) is 5.73 Å². The Balaban J connectivity index is 2.84. The van der Waals surface area contributed by atoms with Crippen molar-refractivity contribution in [2.75, 3.05) is 0 Å². The van der Waals surface area contributed by atoms with Gasteiger partial charge in [0, 0.05) is 0 Å². The molecule has 13 heavy (non-hydrogen) atoms. The number of thiazole rings is 1. The third-order valence-electron chi connectivity index (χ3n) is 1.49. The Morgan fingerprint density at radius 3 is 3.00 bits per heavy atom. The van der Waals surface area contributed by atoms with E-state index in [4.69, 9.17) is 5.73 Å². The molecule has 0 spiro atoms. The Kier molecular flexibility index (Phi) is 1.70. The molecule has 6 heteroatoms. The largest absolute Gasteiger partial charge is 0.364 e. The lowest BCUT2D eigenvalue weighted by molar-refractivity contribution is 0.0997. The summed E-state index contributed by atoms with van der Waals surface area (Å²) in [6.45, 7) is 1.69. The number of carbonyl (C=O) groups is 1. The molecule has 65 valence electrons. The predicted molar refractivity (Wildman–Crippen MR) is 47.3 cm³/mol. The Hall–Kier alpha value is -1.56. The Labute approximate surface area is 77.6 Å². The molecule has 0 unspecified atom stereocenters. The first-order chi connectivity index (χ1) is 6.18. The lowest BCUT2D eigenvalue weighted by atomic mass is 10.4. The summed E-state index contributed by atoms with van der Waals surface area (Å²) in [6, 6.07) is 0. The van der Waals surface area contributed by atoms with Crippen LogP contribution in [0.2, 0.25) is 0 Å². The fraction of sp³-hybridized carbons (Fsp3) is 0.143. The second-order valence-electron chi connectivity index (χ2n) is 2.44. The van der Waals surface area contributed by atoms with E-state index in [-0.39, 0.29) is 5.69 Å². The summed E-state index contributed by atoms with van der Waals surface area (Å²) in [6.07, 6.45) is 0. The van der Waals surface area contributed by atoms with Gasteiger partial charge in [-0.3, -0.25) is 4.79 Å². The molecule has 0 bridgehead atoms. The van der Waals surface area contributed by atoms with Crippen LogP contribution in [0.15, 0.2) is 0 Å². The molecule has 2 rings (SSSR count). The van der Waals surface area contributed by atoms with Gasteiger partial charge in [-0.05, 0) is 6.92 Å². The Morgan fingerprint density at radius 1 is 1.54 bits per heavy atom. The summed E-state index contributed by atoms with van der Waals surface area (Å²) in [7, 11) is 0. The van der Waals surface area contributed by atoms with Crippen molar-refractivity contribution < 1.29 is 4.79 Å². The molecule has 1 radical (unpaired) electrons. The van der Waals surface area contributed by atoms with E-state index in [0.29, 0.717) is 16.2 Å². The molecule has 0 saturated carbocycles. The molecule has 2 aromatic heterocycles. The molecule has 0 saturated heterocycles. The molecule has 5 nitrogen and oxygen atoms in total. The van der Waals surface area contributed by atoms with E-state index in [1.165, 1.54) is 11.3 Å². The zero-order valence-electron chi connectivity index (χ0n) is 6.74. The number of carbonyl (C=O) groups excluding carboxylic acids is 1. The van der Waals surface area contributed by atoms with Crippen molar-refractivity contribution in [3.63, 3.8) is 0 Å². The zero-order valence-corrected chi connectivity index (χ0v) is 7.55. The second-order valence-corrected chi connectivity index (χ2v) is 3.24. The third kappa shape index (κ3) is 1.25. The van der Waals surface area contributed by atoms with E-state index >= 15 is 0 Å². The smallest absolute Gasteiger partial charge is 0.269 e. The van der Waals surface area contributed by atoms with Gasteiger partial charge in [0.1, 0.15) is 10.5 Å². The number of hydrogen-bond acceptors (Lipinski definition) is 5. The lowest BCUT2D eigenvalue weighted by Gasteiger charge is -1.96. The zero-order chi connectivity index (χ0) is 9.42. The quantitative estimate of drug-likeness (QED) is 0.705. The normalized spacial score (nSPS) is 10.5. The van der Waals surface area contributed by atoms with Gasteiger partial charge in [0.25, 0.3) is 5.91 Å². The number of aryl methyl sites for hydroxylation is 1. The van der Waals surface area contributed by atoms with Crippen LogP contribution in [0.5, 0.6) is 0 Å².